The number of carbonyl (C=O) groups excluding carboxylic acids is 1. The largest absolute Gasteiger partial charge is 0.466 e. The molecule has 5 nitrogen and oxygen atoms in total. The van der Waals surface area contributed by atoms with E-state index in [2.05, 4.69) is 0 Å². The van der Waals surface area contributed by atoms with Gasteiger partial charge in [-0.1, -0.05) is 30.3 Å². The van der Waals surface area contributed by atoms with E-state index in [1.807, 2.05) is 30.3 Å². The predicted octanol–water partition coefficient (Wildman–Crippen LogP) is 0.736. The molecule has 0 fully saturated rings. The van der Waals surface area contributed by atoms with Crippen LogP contribution in [0.15, 0.2) is 30.3 Å². The molecular weight excluding hydrogens is 248 g/mol. The molecule has 0 heterocycles. The summed E-state index contributed by atoms with van der Waals surface area (Å²) in [6, 6.07) is 9.50. The molecule has 0 spiro atoms. The summed E-state index contributed by atoms with van der Waals surface area (Å²) in [5.74, 6) is -1.43. The maximum Gasteiger partial charge on any atom is 0.314 e. The molecule has 106 valence electrons. The van der Waals surface area contributed by atoms with Gasteiger partial charge in [-0.05, 0) is 12.5 Å². The lowest BCUT2D eigenvalue weighted by Crippen LogP contribution is -2.36. The molecule has 0 aromatic heterocycles. The van der Waals surface area contributed by atoms with Crippen LogP contribution in [0.5, 0.6) is 0 Å². The highest BCUT2D eigenvalue weighted by atomic mass is 16.5. The predicted molar refractivity (Wildman–Crippen MR) is 69.3 cm³/mol. The average molecular weight is 268 g/mol. The van der Waals surface area contributed by atoms with Crippen LogP contribution in [0, 0.1) is 5.92 Å². The van der Waals surface area contributed by atoms with Gasteiger partial charge < -0.3 is 19.7 Å². The summed E-state index contributed by atoms with van der Waals surface area (Å²) >= 11 is 0. The van der Waals surface area contributed by atoms with Crippen LogP contribution in [0.4, 0.5) is 0 Å². The fourth-order valence-corrected chi connectivity index (χ4v) is 1.59. The zero-order valence-electron chi connectivity index (χ0n) is 11.0. The van der Waals surface area contributed by atoms with Crippen molar-refractivity contribution in [1.29, 1.82) is 0 Å². The molecular formula is C14H20O5. The third-order valence-electron chi connectivity index (χ3n) is 2.65. The number of ether oxygens (including phenoxy) is 2. The molecule has 0 aliphatic rings. The number of benzene rings is 1. The Morgan fingerprint density at radius 3 is 2.58 bits per heavy atom. The van der Waals surface area contributed by atoms with Gasteiger partial charge in [0.25, 0.3) is 0 Å². The van der Waals surface area contributed by atoms with Crippen molar-refractivity contribution in [2.24, 2.45) is 5.92 Å². The number of aliphatic hydroxyl groups is 2. The minimum atomic E-state index is -1.17. The van der Waals surface area contributed by atoms with E-state index in [4.69, 9.17) is 14.6 Å². The highest BCUT2D eigenvalue weighted by Crippen LogP contribution is 2.09. The molecule has 0 aliphatic heterocycles. The van der Waals surface area contributed by atoms with E-state index in [9.17, 15) is 9.90 Å². The van der Waals surface area contributed by atoms with Gasteiger partial charge >= 0.3 is 5.97 Å². The summed E-state index contributed by atoms with van der Waals surface area (Å²) < 4.78 is 10.2. The number of hydrogen-bond donors (Lipinski definition) is 2. The number of esters is 1. The monoisotopic (exact) mass is 268 g/mol. The molecule has 0 saturated carbocycles. The third kappa shape index (κ3) is 5.38. The fraction of sp³-hybridized carbons (Fsp3) is 0.500. The molecule has 0 aliphatic carbocycles. The van der Waals surface area contributed by atoms with Crippen LogP contribution in [-0.2, 0) is 20.9 Å². The van der Waals surface area contributed by atoms with Crippen LogP contribution in [0.2, 0.25) is 0 Å². The smallest absolute Gasteiger partial charge is 0.314 e. The van der Waals surface area contributed by atoms with E-state index in [1.54, 1.807) is 6.92 Å². The van der Waals surface area contributed by atoms with Crippen molar-refractivity contribution in [2.75, 3.05) is 19.8 Å². The number of hydrogen-bond acceptors (Lipinski definition) is 5. The van der Waals surface area contributed by atoms with E-state index < -0.39 is 24.6 Å². The Morgan fingerprint density at radius 1 is 1.32 bits per heavy atom. The highest BCUT2D eigenvalue weighted by molar-refractivity contribution is 5.73. The quantitative estimate of drug-likeness (QED) is 0.680. The Morgan fingerprint density at radius 2 is 2.00 bits per heavy atom. The van der Waals surface area contributed by atoms with Gasteiger partial charge in [0.15, 0.2) is 0 Å². The topological polar surface area (TPSA) is 76.0 Å². The first kappa shape index (κ1) is 15.6. The van der Waals surface area contributed by atoms with Crippen molar-refractivity contribution in [3.05, 3.63) is 35.9 Å². The van der Waals surface area contributed by atoms with Crippen LogP contribution in [0.1, 0.15) is 12.5 Å². The number of aliphatic hydroxyl groups excluding tert-OH is 2. The standard InChI is InChI=1S/C14H20O5/c1-2-19-14(17)12(13(16)8-15)10-18-9-11-6-4-3-5-7-11/h3-7,12-13,15-16H,2,8-10H2,1H3/t12-,13-/m1/s1. The van der Waals surface area contributed by atoms with Crippen molar-refractivity contribution >= 4 is 5.97 Å². The van der Waals surface area contributed by atoms with Crippen LogP contribution in [0.3, 0.4) is 0 Å². The van der Waals surface area contributed by atoms with Gasteiger partial charge in [-0.15, -0.1) is 0 Å². The molecule has 1 aromatic rings. The molecule has 2 N–H and O–H groups in total. The molecule has 2 atom stereocenters. The van der Waals surface area contributed by atoms with E-state index in [0.29, 0.717) is 6.61 Å². The molecule has 1 aromatic carbocycles. The number of rotatable bonds is 8. The molecule has 0 unspecified atom stereocenters. The first-order valence-corrected chi connectivity index (χ1v) is 6.26. The zero-order chi connectivity index (χ0) is 14.1. The lowest BCUT2D eigenvalue weighted by molar-refractivity contribution is -0.156. The third-order valence-corrected chi connectivity index (χ3v) is 2.65. The van der Waals surface area contributed by atoms with Crippen LogP contribution >= 0.6 is 0 Å². The van der Waals surface area contributed by atoms with E-state index in [1.165, 1.54) is 0 Å². The molecule has 0 radical (unpaired) electrons. The van der Waals surface area contributed by atoms with Crippen LogP contribution in [0.25, 0.3) is 0 Å². The van der Waals surface area contributed by atoms with Crippen molar-refractivity contribution < 1.29 is 24.5 Å². The SMILES string of the molecule is CCOC(=O)[C@H](COCc1ccccc1)[C@H](O)CO. The molecule has 0 saturated heterocycles. The van der Waals surface area contributed by atoms with E-state index in [0.717, 1.165) is 5.56 Å². The Kier molecular flexibility index (Phi) is 7.10. The second-order valence-electron chi connectivity index (χ2n) is 4.11. The maximum atomic E-state index is 11.6. The summed E-state index contributed by atoms with van der Waals surface area (Å²) in [7, 11) is 0. The Hall–Kier alpha value is -1.43. The first-order chi connectivity index (χ1) is 9.19. The Labute approximate surface area is 112 Å². The summed E-state index contributed by atoms with van der Waals surface area (Å²) in [6.07, 6.45) is -1.17. The van der Waals surface area contributed by atoms with Gasteiger partial charge in [-0.3, -0.25) is 4.79 Å². The van der Waals surface area contributed by atoms with Gasteiger partial charge in [0.05, 0.1) is 32.5 Å². The first-order valence-electron chi connectivity index (χ1n) is 6.26. The Balaban J connectivity index is 2.46. The Bertz CT molecular complexity index is 365. The lowest BCUT2D eigenvalue weighted by atomic mass is 10.0. The van der Waals surface area contributed by atoms with Gasteiger partial charge in [0, 0.05) is 0 Å². The summed E-state index contributed by atoms with van der Waals surface area (Å²) in [5.41, 5.74) is 0.976. The summed E-state index contributed by atoms with van der Waals surface area (Å²) in [6.45, 7) is 1.76. The molecule has 19 heavy (non-hydrogen) atoms. The molecule has 1 rings (SSSR count). The second kappa shape index (κ2) is 8.63. The maximum absolute atomic E-state index is 11.6. The normalized spacial score (nSPS) is 13.8. The van der Waals surface area contributed by atoms with E-state index in [-0.39, 0.29) is 13.2 Å². The van der Waals surface area contributed by atoms with Crippen molar-refractivity contribution in [1.82, 2.24) is 0 Å². The van der Waals surface area contributed by atoms with Crippen LogP contribution < -0.4 is 0 Å². The van der Waals surface area contributed by atoms with Crippen molar-refractivity contribution in [2.45, 2.75) is 19.6 Å². The highest BCUT2D eigenvalue weighted by Gasteiger charge is 2.27. The van der Waals surface area contributed by atoms with Gasteiger partial charge in [-0.25, -0.2) is 0 Å². The molecule has 5 heteroatoms. The number of carbonyl (C=O) groups is 1. The summed E-state index contributed by atoms with van der Waals surface area (Å²) in [5, 5.41) is 18.5. The van der Waals surface area contributed by atoms with Crippen LogP contribution in [-0.4, -0.2) is 42.1 Å². The fourth-order valence-electron chi connectivity index (χ4n) is 1.59. The molecule has 0 bridgehead atoms. The minimum Gasteiger partial charge on any atom is -0.466 e. The minimum absolute atomic E-state index is 0.00938. The van der Waals surface area contributed by atoms with Gasteiger partial charge in [0.2, 0.25) is 0 Å². The molecule has 0 amide bonds. The lowest BCUT2D eigenvalue weighted by Gasteiger charge is -2.19. The van der Waals surface area contributed by atoms with E-state index >= 15 is 0 Å². The average Bonchev–Trinajstić information content (AvgIpc) is 2.44. The van der Waals surface area contributed by atoms with Crippen molar-refractivity contribution in [3.8, 4) is 0 Å². The summed E-state index contributed by atoms with van der Waals surface area (Å²) in [4.78, 5) is 11.6. The van der Waals surface area contributed by atoms with Gasteiger partial charge in [0.1, 0.15) is 5.92 Å². The van der Waals surface area contributed by atoms with Gasteiger partial charge in [-0.2, -0.15) is 0 Å². The second-order valence-corrected chi connectivity index (χ2v) is 4.11. The van der Waals surface area contributed by atoms with Crippen molar-refractivity contribution in [3.63, 3.8) is 0 Å². The zero-order valence-corrected chi connectivity index (χ0v) is 11.0.